The number of hydrogen-bond acceptors (Lipinski definition) is 3. The van der Waals surface area contributed by atoms with Gasteiger partial charge in [0, 0.05) is 13.1 Å². The molecule has 2 rings (SSSR count). The molecule has 1 aliphatic heterocycles. The van der Waals surface area contributed by atoms with Crippen molar-refractivity contribution in [1.29, 1.82) is 0 Å². The second kappa shape index (κ2) is 8.40. The molecule has 1 N–H and O–H groups in total. The molecule has 118 valence electrons. The molecule has 0 amide bonds. The Morgan fingerprint density at radius 3 is 2.90 bits per heavy atom. The standard InChI is InChI=1S/C18H30N2O/c1-15-7-8-18(12-16(15)2)21-11-5-10-20-9-4-6-17(14-20)13-19-3/h7-8,12,17,19H,4-6,9-11,13-14H2,1-3H3. The first kappa shape index (κ1) is 16.3. The lowest BCUT2D eigenvalue weighted by molar-refractivity contribution is 0.161. The Labute approximate surface area is 129 Å². The summed E-state index contributed by atoms with van der Waals surface area (Å²) in [7, 11) is 2.05. The van der Waals surface area contributed by atoms with E-state index in [9.17, 15) is 0 Å². The van der Waals surface area contributed by atoms with E-state index in [1.165, 1.54) is 37.1 Å². The molecule has 1 heterocycles. The predicted molar refractivity (Wildman–Crippen MR) is 89.1 cm³/mol. The van der Waals surface area contributed by atoms with Gasteiger partial charge in [0.05, 0.1) is 6.61 Å². The summed E-state index contributed by atoms with van der Waals surface area (Å²) in [6.45, 7) is 9.89. The second-order valence-corrected chi connectivity index (χ2v) is 6.31. The molecule has 0 radical (unpaired) electrons. The van der Waals surface area contributed by atoms with Crippen LogP contribution in [0, 0.1) is 19.8 Å². The molecule has 1 aromatic carbocycles. The maximum Gasteiger partial charge on any atom is 0.119 e. The number of hydrogen-bond donors (Lipinski definition) is 1. The molecule has 21 heavy (non-hydrogen) atoms. The van der Waals surface area contributed by atoms with Gasteiger partial charge in [0.2, 0.25) is 0 Å². The number of rotatable bonds is 7. The highest BCUT2D eigenvalue weighted by molar-refractivity contribution is 5.33. The van der Waals surface area contributed by atoms with Crippen LogP contribution in [-0.4, -0.2) is 44.7 Å². The van der Waals surface area contributed by atoms with E-state index < -0.39 is 0 Å². The number of nitrogens with zero attached hydrogens (tertiary/aromatic N) is 1. The summed E-state index contributed by atoms with van der Waals surface area (Å²) in [4.78, 5) is 2.59. The lowest BCUT2D eigenvalue weighted by Crippen LogP contribution is -2.39. The van der Waals surface area contributed by atoms with Crippen LogP contribution in [0.25, 0.3) is 0 Å². The number of likely N-dealkylation sites (tertiary alicyclic amines) is 1. The van der Waals surface area contributed by atoms with Crippen LogP contribution < -0.4 is 10.1 Å². The summed E-state index contributed by atoms with van der Waals surface area (Å²) in [5.41, 5.74) is 2.63. The maximum absolute atomic E-state index is 5.87. The van der Waals surface area contributed by atoms with Gasteiger partial charge in [-0.1, -0.05) is 6.07 Å². The van der Waals surface area contributed by atoms with E-state index in [1.54, 1.807) is 0 Å². The molecule has 0 aromatic heterocycles. The summed E-state index contributed by atoms with van der Waals surface area (Å²) < 4.78 is 5.87. The van der Waals surface area contributed by atoms with E-state index in [1.807, 2.05) is 0 Å². The maximum atomic E-state index is 5.87. The third kappa shape index (κ3) is 5.33. The molecule has 0 aliphatic carbocycles. The molecule has 1 unspecified atom stereocenters. The van der Waals surface area contributed by atoms with Crippen molar-refractivity contribution in [2.75, 3.05) is 39.8 Å². The molecule has 1 aliphatic rings. The summed E-state index contributed by atoms with van der Waals surface area (Å²) in [5.74, 6) is 1.83. The monoisotopic (exact) mass is 290 g/mol. The van der Waals surface area contributed by atoms with Crippen LogP contribution in [0.2, 0.25) is 0 Å². The fourth-order valence-electron chi connectivity index (χ4n) is 3.09. The second-order valence-electron chi connectivity index (χ2n) is 6.31. The van der Waals surface area contributed by atoms with E-state index in [-0.39, 0.29) is 0 Å². The van der Waals surface area contributed by atoms with Crippen LogP contribution in [0.4, 0.5) is 0 Å². The van der Waals surface area contributed by atoms with Gasteiger partial charge in [-0.15, -0.1) is 0 Å². The van der Waals surface area contributed by atoms with E-state index >= 15 is 0 Å². The summed E-state index contributed by atoms with van der Waals surface area (Å²) in [6, 6.07) is 6.35. The van der Waals surface area contributed by atoms with Gasteiger partial charge in [-0.25, -0.2) is 0 Å². The summed E-state index contributed by atoms with van der Waals surface area (Å²) in [5, 5.41) is 3.31. The van der Waals surface area contributed by atoms with Gasteiger partial charge in [0.15, 0.2) is 0 Å². The Balaban J connectivity index is 1.66. The summed E-state index contributed by atoms with van der Waals surface area (Å²) in [6.07, 6.45) is 3.82. The SMILES string of the molecule is CNCC1CCCN(CCCOc2ccc(C)c(C)c2)C1. The topological polar surface area (TPSA) is 24.5 Å². The Hall–Kier alpha value is -1.06. The molecule has 3 nitrogen and oxygen atoms in total. The first-order chi connectivity index (χ1) is 10.2. The Morgan fingerprint density at radius 2 is 2.14 bits per heavy atom. The third-order valence-electron chi connectivity index (χ3n) is 4.46. The fraction of sp³-hybridized carbons (Fsp3) is 0.667. The first-order valence-electron chi connectivity index (χ1n) is 8.26. The third-order valence-corrected chi connectivity index (χ3v) is 4.46. The van der Waals surface area contributed by atoms with Gasteiger partial charge in [0.25, 0.3) is 0 Å². The van der Waals surface area contributed by atoms with Crippen molar-refractivity contribution in [1.82, 2.24) is 10.2 Å². The normalized spacial score (nSPS) is 19.7. The molecule has 0 saturated carbocycles. The molecule has 1 atom stereocenters. The molecule has 0 spiro atoms. The molecule has 1 aromatic rings. The fourth-order valence-corrected chi connectivity index (χ4v) is 3.09. The smallest absolute Gasteiger partial charge is 0.119 e. The minimum absolute atomic E-state index is 0.815. The minimum Gasteiger partial charge on any atom is -0.494 e. The van der Waals surface area contributed by atoms with Gasteiger partial charge in [-0.05, 0) is 82.4 Å². The molecule has 3 heteroatoms. The van der Waals surface area contributed by atoms with Gasteiger partial charge < -0.3 is 15.0 Å². The zero-order valence-electron chi connectivity index (χ0n) is 13.8. The minimum atomic E-state index is 0.815. The van der Waals surface area contributed by atoms with Crippen molar-refractivity contribution in [2.24, 2.45) is 5.92 Å². The van der Waals surface area contributed by atoms with E-state index in [0.717, 1.165) is 37.8 Å². The van der Waals surface area contributed by atoms with Gasteiger partial charge in [-0.2, -0.15) is 0 Å². The van der Waals surface area contributed by atoms with Crippen LogP contribution in [-0.2, 0) is 0 Å². The van der Waals surface area contributed by atoms with E-state index in [0.29, 0.717) is 0 Å². The van der Waals surface area contributed by atoms with Crippen LogP contribution >= 0.6 is 0 Å². The number of ether oxygens (including phenoxy) is 1. The Kier molecular flexibility index (Phi) is 6.52. The van der Waals surface area contributed by atoms with Crippen molar-refractivity contribution in [3.05, 3.63) is 29.3 Å². The Morgan fingerprint density at radius 1 is 1.29 bits per heavy atom. The average Bonchev–Trinajstić information content (AvgIpc) is 2.48. The van der Waals surface area contributed by atoms with Crippen molar-refractivity contribution in [3.63, 3.8) is 0 Å². The largest absolute Gasteiger partial charge is 0.494 e. The van der Waals surface area contributed by atoms with Crippen molar-refractivity contribution in [2.45, 2.75) is 33.1 Å². The van der Waals surface area contributed by atoms with Crippen LogP contribution in [0.3, 0.4) is 0 Å². The van der Waals surface area contributed by atoms with Crippen molar-refractivity contribution < 1.29 is 4.74 Å². The lowest BCUT2D eigenvalue weighted by atomic mass is 9.98. The van der Waals surface area contributed by atoms with Crippen LogP contribution in [0.1, 0.15) is 30.4 Å². The number of benzene rings is 1. The zero-order valence-corrected chi connectivity index (χ0v) is 13.8. The highest BCUT2D eigenvalue weighted by Gasteiger charge is 2.18. The molecule has 1 fully saturated rings. The lowest BCUT2D eigenvalue weighted by Gasteiger charge is -2.32. The van der Waals surface area contributed by atoms with Crippen LogP contribution in [0.15, 0.2) is 18.2 Å². The number of aryl methyl sites for hydroxylation is 2. The average molecular weight is 290 g/mol. The quantitative estimate of drug-likeness (QED) is 0.781. The highest BCUT2D eigenvalue weighted by atomic mass is 16.5. The Bertz CT molecular complexity index is 431. The van der Waals surface area contributed by atoms with E-state index in [4.69, 9.17) is 4.74 Å². The number of piperidine rings is 1. The summed E-state index contributed by atoms with van der Waals surface area (Å²) >= 11 is 0. The first-order valence-corrected chi connectivity index (χ1v) is 8.26. The van der Waals surface area contributed by atoms with Crippen molar-refractivity contribution >= 4 is 0 Å². The van der Waals surface area contributed by atoms with Gasteiger partial charge in [0.1, 0.15) is 5.75 Å². The molecular weight excluding hydrogens is 260 g/mol. The van der Waals surface area contributed by atoms with Gasteiger partial charge in [-0.3, -0.25) is 0 Å². The molecule has 0 bridgehead atoms. The van der Waals surface area contributed by atoms with Gasteiger partial charge >= 0.3 is 0 Å². The molecular formula is C18H30N2O. The van der Waals surface area contributed by atoms with Crippen molar-refractivity contribution in [3.8, 4) is 5.75 Å². The predicted octanol–water partition coefficient (Wildman–Crippen LogP) is 3.00. The molecule has 1 saturated heterocycles. The van der Waals surface area contributed by atoms with Crippen LogP contribution in [0.5, 0.6) is 5.75 Å². The zero-order chi connectivity index (χ0) is 15.1. The van der Waals surface area contributed by atoms with E-state index in [2.05, 4.69) is 49.3 Å². The highest BCUT2D eigenvalue weighted by Crippen LogP contribution is 2.18. The number of nitrogens with one attached hydrogen (secondary N) is 1.